The molecule has 1 N–H and O–H groups in total. The molecule has 0 saturated heterocycles. The van der Waals surface area contributed by atoms with Crippen LogP contribution in [0.2, 0.25) is 0 Å². The minimum Gasteiger partial charge on any atom is -0.384 e. The molecule has 2 aromatic rings. The maximum absolute atomic E-state index is 3.57. The third-order valence-corrected chi connectivity index (χ3v) is 4.36. The average molecular weight is 316 g/mol. The lowest BCUT2D eigenvalue weighted by Gasteiger charge is -2.26. The normalized spacial score (nSPS) is 17.8. The van der Waals surface area contributed by atoms with Crippen molar-refractivity contribution in [3.8, 4) is 0 Å². The van der Waals surface area contributed by atoms with E-state index in [2.05, 4.69) is 69.8 Å². The van der Waals surface area contributed by atoms with Crippen LogP contribution < -0.4 is 5.32 Å². The Morgan fingerprint density at radius 1 is 1.11 bits per heavy atom. The highest BCUT2D eigenvalue weighted by atomic mass is 79.9. The smallest absolute Gasteiger partial charge is 0.0351 e. The van der Waals surface area contributed by atoms with Crippen LogP contribution in [0.1, 0.15) is 29.9 Å². The summed E-state index contributed by atoms with van der Waals surface area (Å²) in [6, 6.07) is 17.3. The number of fused-ring (bicyclic) bond motifs is 1. The van der Waals surface area contributed by atoms with Crippen molar-refractivity contribution >= 4 is 21.6 Å². The van der Waals surface area contributed by atoms with Gasteiger partial charge in [0.05, 0.1) is 0 Å². The predicted molar refractivity (Wildman–Crippen MR) is 84.8 cm³/mol. The van der Waals surface area contributed by atoms with Gasteiger partial charge in [0.2, 0.25) is 0 Å². The molecule has 1 unspecified atom stereocenters. The standard InChI is InChI=1S/C17H18BrN/c18-15-8-4-9-16(11-15)19-12-14-7-3-6-13-5-1-2-10-17(13)14/h1-2,4-5,8-11,14,19H,3,6-7,12H2. The summed E-state index contributed by atoms with van der Waals surface area (Å²) in [5.74, 6) is 0.643. The maximum atomic E-state index is 3.57. The highest BCUT2D eigenvalue weighted by Gasteiger charge is 2.19. The highest BCUT2D eigenvalue weighted by molar-refractivity contribution is 9.10. The summed E-state index contributed by atoms with van der Waals surface area (Å²) in [5.41, 5.74) is 4.27. The first-order chi connectivity index (χ1) is 9.33. The van der Waals surface area contributed by atoms with E-state index in [1.54, 1.807) is 0 Å². The molecular formula is C17H18BrN. The molecule has 0 aliphatic heterocycles. The van der Waals surface area contributed by atoms with Crippen LogP contribution in [0.5, 0.6) is 0 Å². The molecule has 0 spiro atoms. The van der Waals surface area contributed by atoms with E-state index in [-0.39, 0.29) is 0 Å². The summed E-state index contributed by atoms with van der Waals surface area (Å²) < 4.78 is 1.13. The van der Waals surface area contributed by atoms with E-state index in [0.29, 0.717) is 5.92 Å². The SMILES string of the molecule is Brc1cccc(NCC2CCCc3ccccc32)c1. The Bertz CT molecular complexity index is 565. The third kappa shape index (κ3) is 3.01. The molecule has 0 amide bonds. The van der Waals surface area contributed by atoms with Crippen LogP contribution in [-0.4, -0.2) is 6.54 Å². The number of halogens is 1. The van der Waals surface area contributed by atoms with Crippen molar-refractivity contribution in [2.75, 3.05) is 11.9 Å². The third-order valence-electron chi connectivity index (χ3n) is 3.87. The molecule has 0 heterocycles. The van der Waals surface area contributed by atoms with Gasteiger partial charge in [0.15, 0.2) is 0 Å². The van der Waals surface area contributed by atoms with Crippen LogP contribution in [0, 0.1) is 0 Å². The van der Waals surface area contributed by atoms with Crippen molar-refractivity contribution in [3.63, 3.8) is 0 Å². The molecule has 1 aliphatic carbocycles. The van der Waals surface area contributed by atoms with Crippen LogP contribution in [0.4, 0.5) is 5.69 Å². The first-order valence-electron chi connectivity index (χ1n) is 6.90. The lowest BCUT2D eigenvalue weighted by Crippen LogP contribution is -2.18. The molecule has 1 atom stereocenters. The van der Waals surface area contributed by atoms with Gasteiger partial charge in [-0.05, 0) is 48.6 Å². The van der Waals surface area contributed by atoms with Crippen molar-refractivity contribution in [1.82, 2.24) is 0 Å². The second-order valence-corrected chi connectivity index (χ2v) is 6.09. The van der Waals surface area contributed by atoms with Gasteiger partial charge in [-0.1, -0.05) is 46.3 Å². The molecule has 0 aromatic heterocycles. The molecule has 2 heteroatoms. The van der Waals surface area contributed by atoms with Gasteiger partial charge in [-0.15, -0.1) is 0 Å². The first-order valence-corrected chi connectivity index (χ1v) is 7.69. The number of hydrogen-bond donors (Lipinski definition) is 1. The summed E-state index contributed by atoms with van der Waals surface area (Å²) in [6.45, 7) is 1.02. The molecule has 0 radical (unpaired) electrons. The molecule has 0 fully saturated rings. The number of benzene rings is 2. The van der Waals surface area contributed by atoms with Crippen molar-refractivity contribution in [2.24, 2.45) is 0 Å². The van der Waals surface area contributed by atoms with Gasteiger partial charge >= 0.3 is 0 Å². The lowest BCUT2D eigenvalue weighted by atomic mass is 9.83. The first kappa shape index (κ1) is 12.7. The van der Waals surface area contributed by atoms with Gasteiger partial charge in [-0.2, -0.15) is 0 Å². The van der Waals surface area contributed by atoms with Crippen molar-refractivity contribution in [2.45, 2.75) is 25.2 Å². The van der Waals surface area contributed by atoms with E-state index in [4.69, 9.17) is 0 Å². The summed E-state index contributed by atoms with van der Waals surface area (Å²) in [7, 11) is 0. The zero-order valence-corrected chi connectivity index (χ0v) is 12.5. The predicted octanol–water partition coefficient (Wildman–Crippen LogP) is 4.98. The van der Waals surface area contributed by atoms with Crippen LogP contribution in [0.3, 0.4) is 0 Å². The zero-order chi connectivity index (χ0) is 13.1. The van der Waals surface area contributed by atoms with Crippen molar-refractivity contribution in [3.05, 3.63) is 64.1 Å². The minimum absolute atomic E-state index is 0.643. The Morgan fingerprint density at radius 3 is 2.89 bits per heavy atom. The largest absolute Gasteiger partial charge is 0.384 e. The molecule has 1 aliphatic rings. The molecule has 2 aromatic carbocycles. The Balaban J connectivity index is 1.71. The quantitative estimate of drug-likeness (QED) is 0.842. The van der Waals surface area contributed by atoms with E-state index in [0.717, 1.165) is 11.0 Å². The highest BCUT2D eigenvalue weighted by Crippen LogP contribution is 2.31. The summed E-state index contributed by atoms with van der Waals surface area (Å²) in [5, 5.41) is 3.57. The van der Waals surface area contributed by atoms with Crippen LogP contribution in [0.25, 0.3) is 0 Å². The van der Waals surface area contributed by atoms with Gasteiger partial charge in [0.1, 0.15) is 0 Å². The Labute approximate surface area is 123 Å². The van der Waals surface area contributed by atoms with Gasteiger partial charge in [0.25, 0.3) is 0 Å². The second-order valence-electron chi connectivity index (χ2n) is 5.18. The van der Waals surface area contributed by atoms with E-state index < -0.39 is 0 Å². The summed E-state index contributed by atoms with van der Waals surface area (Å²) in [4.78, 5) is 0. The Hall–Kier alpha value is -1.28. The van der Waals surface area contributed by atoms with Gasteiger partial charge < -0.3 is 5.32 Å². The minimum atomic E-state index is 0.643. The fraction of sp³-hybridized carbons (Fsp3) is 0.294. The Kier molecular flexibility index (Phi) is 3.88. The number of nitrogens with one attached hydrogen (secondary N) is 1. The molecular weight excluding hydrogens is 298 g/mol. The lowest BCUT2D eigenvalue weighted by molar-refractivity contribution is 0.572. The van der Waals surface area contributed by atoms with Crippen molar-refractivity contribution < 1.29 is 0 Å². The van der Waals surface area contributed by atoms with Gasteiger partial charge in [-0.25, -0.2) is 0 Å². The Morgan fingerprint density at radius 2 is 2.00 bits per heavy atom. The molecule has 98 valence electrons. The molecule has 19 heavy (non-hydrogen) atoms. The molecule has 0 bridgehead atoms. The monoisotopic (exact) mass is 315 g/mol. The molecule has 3 rings (SSSR count). The van der Waals surface area contributed by atoms with Crippen molar-refractivity contribution in [1.29, 1.82) is 0 Å². The molecule has 0 saturated carbocycles. The van der Waals surface area contributed by atoms with Crippen LogP contribution in [0.15, 0.2) is 53.0 Å². The summed E-state index contributed by atoms with van der Waals surface area (Å²) >= 11 is 3.51. The van der Waals surface area contributed by atoms with Gasteiger partial charge in [0, 0.05) is 22.6 Å². The van der Waals surface area contributed by atoms with E-state index in [9.17, 15) is 0 Å². The van der Waals surface area contributed by atoms with E-state index in [1.807, 2.05) is 0 Å². The van der Waals surface area contributed by atoms with E-state index in [1.165, 1.54) is 36.1 Å². The summed E-state index contributed by atoms with van der Waals surface area (Å²) in [6.07, 6.45) is 3.84. The fourth-order valence-electron chi connectivity index (χ4n) is 2.91. The maximum Gasteiger partial charge on any atom is 0.0351 e. The second kappa shape index (κ2) is 5.79. The zero-order valence-electron chi connectivity index (χ0n) is 10.9. The number of rotatable bonds is 3. The average Bonchev–Trinajstić information content (AvgIpc) is 2.45. The number of aryl methyl sites for hydroxylation is 1. The van der Waals surface area contributed by atoms with Crippen LogP contribution in [-0.2, 0) is 6.42 Å². The van der Waals surface area contributed by atoms with Gasteiger partial charge in [-0.3, -0.25) is 0 Å². The van der Waals surface area contributed by atoms with Crippen LogP contribution >= 0.6 is 15.9 Å². The van der Waals surface area contributed by atoms with E-state index >= 15 is 0 Å². The topological polar surface area (TPSA) is 12.0 Å². The number of anilines is 1. The fourth-order valence-corrected chi connectivity index (χ4v) is 3.31. The number of hydrogen-bond acceptors (Lipinski definition) is 1. The molecule has 1 nitrogen and oxygen atoms in total.